The van der Waals surface area contributed by atoms with Gasteiger partial charge in [0.15, 0.2) is 5.69 Å². The predicted molar refractivity (Wildman–Crippen MR) is 103 cm³/mol. The molecular weight excluding hydrogens is 381 g/mol. The molecule has 7 heteroatoms. The van der Waals surface area contributed by atoms with Crippen molar-refractivity contribution in [2.75, 3.05) is 0 Å². The van der Waals surface area contributed by atoms with Crippen molar-refractivity contribution in [3.8, 4) is 0 Å². The molecule has 0 saturated heterocycles. The summed E-state index contributed by atoms with van der Waals surface area (Å²) in [5.74, 6) is -0.582. The first kappa shape index (κ1) is 18.7. The van der Waals surface area contributed by atoms with E-state index in [0.717, 1.165) is 16.8 Å². The van der Waals surface area contributed by atoms with Gasteiger partial charge in [-0.05, 0) is 48.4 Å². The summed E-state index contributed by atoms with van der Waals surface area (Å²) in [5, 5.41) is 8.02. The lowest BCUT2D eigenvalue weighted by Gasteiger charge is -2.24. The fourth-order valence-electron chi connectivity index (χ4n) is 3.22. The van der Waals surface area contributed by atoms with Gasteiger partial charge in [-0.2, -0.15) is 5.10 Å². The molecule has 2 aromatic carbocycles. The van der Waals surface area contributed by atoms with Crippen LogP contribution < -0.4 is 5.32 Å². The van der Waals surface area contributed by atoms with Gasteiger partial charge in [-0.25, -0.2) is 4.39 Å². The third-order valence-electron chi connectivity index (χ3n) is 4.83. The van der Waals surface area contributed by atoms with Crippen LogP contribution >= 0.6 is 11.6 Å². The second-order valence-electron chi connectivity index (χ2n) is 6.80. The first-order valence-electron chi connectivity index (χ1n) is 9.00. The highest BCUT2D eigenvalue weighted by Crippen LogP contribution is 2.27. The maximum atomic E-state index is 13.1. The van der Waals surface area contributed by atoms with Crippen molar-refractivity contribution in [2.24, 2.45) is 0 Å². The highest BCUT2D eigenvalue weighted by atomic mass is 35.5. The van der Waals surface area contributed by atoms with E-state index >= 15 is 0 Å². The number of benzene rings is 2. The summed E-state index contributed by atoms with van der Waals surface area (Å²) in [7, 11) is 0. The molecule has 0 saturated carbocycles. The van der Waals surface area contributed by atoms with Crippen LogP contribution in [-0.2, 0) is 17.9 Å². The van der Waals surface area contributed by atoms with Gasteiger partial charge in [0.05, 0.1) is 24.9 Å². The smallest absolute Gasteiger partial charge is 0.272 e. The van der Waals surface area contributed by atoms with Gasteiger partial charge in [0, 0.05) is 5.02 Å². The number of hydrogen-bond donors (Lipinski definition) is 1. The lowest BCUT2D eigenvalue weighted by molar-refractivity contribution is -0.00119. The van der Waals surface area contributed by atoms with E-state index in [9.17, 15) is 9.18 Å². The topological polar surface area (TPSA) is 56.2 Å². The summed E-state index contributed by atoms with van der Waals surface area (Å²) >= 11 is 5.94. The third-order valence-corrected chi connectivity index (χ3v) is 5.08. The summed E-state index contributed by atoms with van der Waals surface area (Å²) in [5.41, 5.74) is 3.03. The normalized spacial score (nSPS) is 17.0. The number of nitrogens with one attached hydrogen (secondary N) is 1. The van der Waals surface area contributed by atoms with Crippen LogP contribution in [0.5, 0.6) is 0 Å². The molecular formula is C21H19ClFN3O2. The molecule has 2 heterocycles. The highest BCUT2D eigenvalue weighted by molar-refractivity contribution is 6.30. The SMILES string of the molecule is CC(NC(=O)c1cc2n(n1)CC(c1ccc(Cl)cc1)OC2)c1ccc(F)cc1. The number of ether oxygens (including phenoxy) is 1. The molecule has 0 fully saturated rings. The number of nitrogens with zero attached hydrogens (tertiary/aromatic N) is 2. The molecule has 28 heavy (non-hydrogen) atoms. The Kier molecular flexibility index (Phi) is 5.15. The van der Waals surface area contributed by atoms with Gasteiger partial charge in [-0.3, -0.25) is 9.48 Å². The Hall–Kier alpha value is -2.70. The molecule has 0 bridgehead atoms. The molecule has 0 spiro atoms. The summed E-state index contributed by atoms with van der Waals surface area (Å²) in [6.07, 6.45) is -0.140. The standard InChI is InChI=1S/C21H19ClFN3O2/c1-13(14-4-8-17(23)9-5-14)24-21(27)19-10-18-12-28-20(11-26(18)25-19)15-2-6-16(22)7-3-15/h2-10,13,20H,11-12H2,1H3,(H,24,27). The average molecular weight is 400 g/mol. The average Bonchev–Trinajstić information content (AvgIpc) is 3.12. The monoisotopic (exact) mass is 399 g/mol. The number of hydrogen-bond acceptors (Lipinski definition) is 3. The van der Waals surface area contributed by atoms with Gasteiger partial charge in [-0.15, -0.1) is 0 Å². The molecule has 1 amide bonds. The molecule has 5 nitrogen and oxygen atoms in total. The molecule has 3 aromatic rings. The molecule has 0 aliphatic carbocycles. The van der Waals surface area contributed by atoms with Gasteiger partial charge in [0.2, 0.25) is 0 Å². The van der Waals surface area contributed by atoms with Gasteiger partial charge in [0.25, 0.3) is 5.91 Å². The molecule has 1 aliphatic heterocycles. The lowest BCUT2D eigenvalue weighted by atomic mass is 10.1. The second kappa shape index (κ2) is 7.73. The van der Waals surface area contributed by atoms with E-state index in [4.69, 9.17) is 16.3 Å². The number of amides is 1. The zero-order chi connectivity index (χ0) is 19.7. The summed E-state index contributed by atoms with van der Waals surface area (Å²) < 4.78 is 20.8. The first-order valence-corrected chi connectivity index (χ1v) is 9.37. The number of halogens is 2. The van der Waals surface area contributed by atoms with Crippen LogP contribution in [0.1, 0.15) is 46.4 Å². The molecule has 4 rings (SSSR count). The van der Waals surface area contributed by atoms with Crippen molar-refractivity contribution in [3.05, 3.63) is 88.0 Å². The van der Waals surface area contributed by atoms with E-state index in [-0.39, 0.29) is 23.9 Å². The minimum Gasteiger partial charge on any atom is -0.365 e. The quantitative estimate of drug-likeness (QED) is 0.705. The molecule has 2 unspecified atom stereocenters. The summed E-state index contributed by atoms with van der Waals surface area (Å²) in [4.78, 5) is 12.6. The maximum Gasteiger partial charge on any atom is 0.272 e. The largest absolute Gasteiger partial charge is 0.365 e. The number of carbonyl (C=O) groups excluding carboxylic acids is 1. The lowest BCUT2D eigenvalue weighted by Crippen LogP contribution is -2.27. The summed E-state index contributed by atoms with van der Waals surface area (Å²) in [6.45, 7) is 2.75. The van der Waals surface area contributed by atoms with E-state index in [0.29, 0.717) is 23.9 Å². The Morgan fingerprint density at radius 2 is 1.96 bits per heavy atom. The summed E-state index contributed by atoms with van der Waals surface area (Å²) in [6, 6.07) is 15.1. The molecule has 144 valence electrons. The van der Waals surface area contributed by atoms with E-state index in [2.05, 4.69) is 10.4 Å². The molecule has 1 N–H and O–H groups in total. The van der Waals surface area contributed by atoms with Crippen LogP contribution in [0.4, 0.5) is 4.39 Å². The van der Waals surface area contributed by atoms with Crippen LogP contribution in [0.2, 0.25) is 5.02 Å². The number of rotatable bonds is 4. The van der Waals surface area contributed by atoms with E-state index in [1.165, 1.54) is 12.1 Å². The van der Waals surface area contributed by atoms with Gasteiger partial charge in [-0.1, -0.05) is 35.9 Å². The van der Waals surface area contributed by atoms with Crippen LogP contribution in [0.3, 0.4) is 0 Å². The third kappa shape index (κ3) is 3.93. The van der Waals surface area contributed by atoms with Crippen molar-refractivity contribution >= 4 is 17.5 Å². The fourth-order valence-corrected chi connectivity index (χ4v) is 3.35. The van der Waals surface area contributed by atoms with E-state index in [1.807, 2.05) is 31.2 Å². The fraction of sp³-hybridized carbons (Fsp3) is 0.238. The zero-order valence-electron chi connectivity index (χ0n) is 15.2. The molecule has 1 aliphatic rings. The van der Waals surface area contributed by atoms with E-state index < -0.39 is 0 Å². The van der Waals surface area contributed by atoms with Crippen molar-refractivity contribution in [1.29, 1.82) is 0 Å². The molecule has 1 aromatic heterocycles. The highest BCUT2D eigenvalue weighted by Gasteiger charge is 2.24. The number of fused-ring (bicyclic) bond motifs is 1. The Labute approximate surface area is 167 Å². The Balaban J connectivity index is 1.45. The van der Waals surface area contributed by atoms with Crippen molar-refractivity contribution in [1.82, 2.24) is 15.1 Å². The second-order valence-corrected chi connectivity index (χ2v) is 7.24. The first-order chi connectivity index (χ1) is 13.5. The number of carbonyl (C=O) groups is 1. The van der Waals surface area contributed by atoms with Crippen molar-refractivity contribution in [2.45, 2.75) is 32.2 Å². The Bertz CT molecular complexity index is 986. The number of aromatic nitrogens is 2. The van der Waals surface area contributed by atoms with Gasteiger partial charge >= 0.3 is 0 Å². The van der Waals surface area contributed by atoms with Crippen LogP contribution in [0.15, 0.2) is 54.6 Å². The maximum absolute atomic E-state index is 13.1. The minimum absolute atomic E-state index is 0.140. The Morgan fingerprint density at radius 1 is 1.25 bits per heavy atom. The van der Waals surface area contributed by atoms with Crippen LogP contribution in [-0.4, -0.2) is 15.7 Å². The van der Waals surface area contributed by atoms with E-state index in [1.54, 1.807) is 22.9 Å². The van der Waals surface area contributed by atoms with Crippen molar-refractivity contribution < 1.29 is 13.9 Å². The minimum atomic E-state index is -0.306. The zero-order valence-corrected chi connectivity index (χ0v) is 16.0. The Morgan fingerprint density at radius 3 is 2.68 bits per heavy atom. The van der Waals surface area contributed by atoms with Gasteiger partial charge < -0.3 is 10.1 Å². The predicted octanol–water partition coefficient (Wildman–Crippen LogP) is 4.44. The van der Waals surface area contributed by atoms with Crippen LogP contribution in [0.25, 0.3) is 0 Å². The molecule has 2 atom stereocenters. The van der Waals surface area contributed by atoms with Crippen molar-refractivity contribution in [3.63, 3.8) is 0 Å². The van der Waals surface area contributed by atoms with Gasteiger partial charge in [0.1, 0.15) is 11.9 Å². The van der Waals surface area contributed by atoms with Crippen LogP contribution in [0, 0.1) is 5.82 Å². The molecule has 0 radical (unpaired) electrons.